The molecule has 0 aromatic rings. The van der Waals surface area contributed by atoms with Crippen molar-refractivity contribution in [2.24, 2.45) is 28.6 Å². The fraction of sp³-hybridized carbons (Fsp3) is 0.850. The third kappa shape index (κ3) is 3.04. The number of hydrogen-bond acceptors (Lipinski definition) is 2. The summed E-state index contributed by atoms with van der Waals surface area (Å²) in [4.78, 5) is 11.6. The molecule has 1 unspecified atom stereocenters. The molecule has 0 saturated heterocycles. The highest BCUT2D eigenvalue weighted by Crippen LogP contribution is 2.61. The molecule has 1 fully saturated rings. The van der Waals surface area contributed by atoms with Gasteiger partial charge in [-0.15, -0.1) is 0 Å². The Hall–Kier alpha value is -0.630. The maximum Gasteiger partial charge on any atom is 0.146 e. The summed E-state index contributed by atoms with van der Waals surface area (Å²) < 4.78 is 0. The lowest BCUT2D eigenvalue weighted by Crippen LogP contribution is -2.50. The second-order valence-electron chi connectivity index (χ2n) is 8.43. The molecular formula is C20H34O2. The Bertz CT molecular complexity index is 427. The minimum atomic E-state index is 0.0848. The number of allylic oxidation sites excluding steroid dienone is 2. The predicted octanol–water partition coefficient (Wildman–Crippen LogP) is 4.76. The summed E-state index contributed by atoms with van der Waals surface area (Å²) in [5.74, 6) is 1.93. The molecule has 22 heavy (non-hydrogen) atoms. The lowest BCUT2D eigenvalue weighted by molar-refractivity contribution is -0.109. The SMILES string of the molecule is CC(CCO)CC[C@@]1(C)[C@H](C)CC[C@]2(C)C(C=O)=CCC[C@H]12. The summed E-state index contributed by atoms with van der Waals surface area (Å²) >= 11 is 0. The summed E-state index contributed by atoms with van der Waals surface area (Å²) in [7, 11) is 0. The van der Waals surface area contributed by atoms with Gasteiger partial charge in [-0.1, -0.05) is 40.2 Å². The quantitative estimate of drug-likeness (QED) is 0.718. The Morgan fingerprint density at radius 3 is 2.73 bits per heavy atom. The van der Waals surface area contributed by atoms with Crippen molar-refractivity contribution in [2.45, 2.75) is 72.6 Å². The minimum Gasteiger partial charge on any atom is -0.396 e. The van der Waals surface area contributed by atoms with Crippen LogP contribution in [0.5, 0.6) is 0 Å². The van der Waals surface area contributed by atoms with Gasteiger partial charge in [0, 0.05) is 6.61 Å². The molecule has 5 atom stereocenters. The number of rotatable bonds is 6. The predicted molar refractivity (Wildman–Crippen MR) is 91.6 cm³/mol. The van der Waals surface area contributed by atoms with Crippen molar-refractivity contribution in [1.29, 1.82) is 0 Å². The van der Waals surface area contributed by atoms with E-state index in [0.717, 1.165) is 37.0 Å². The maximum absolute atomic E-state index is 11.6. The van der Waals surface area contributed by atoms with Gasteiger partial charge in [0.05, 0.1) is 0 Å². The molecule has 0 heterocycles. The van der Waals surface area contributed by atoms with Crippen molar-refractivity contribution in [3.8, 4) is 0 Å². The normalized spacial score (nSPS) is 39.8. The molecule has 2 heteroatoms. The Balaban J connectivity index is 2.21. The van der Waals surface area contributed by atoms with Crippen LogP contribution in [0.1, 0.15) is 72.6 Å². The standard InChI is InChI=1S/C20H34O2/c1-15(10-13-21)8-11-19(3)16(2)9-12-20(4)17(14-22)6-5-7-18(19)20/h6,14-16,18,21H,5,7-13H2,1-4H3/t15?,16-,18-,19+,20-/m1/s1. The van der Waals surface area contributed by atoms with Crippen LogP contribution < -0.4 is 0 Å². The van der Waals surface area contributed by atoms with Gasteiger partial charge in [0.15, 0.2) is 0 Å². The molecule has 1 saturated carbocycles. The number of aldehydes is 1. The van der Waals surface area contributed by atoms with Crippen LogP contribution >= 0.6 is 0 Å². The van der Waals surface area contributed by atoms with Gasteiger partial charge in [-0.25, -0.2) is 0 Å². The highest BCUT2D eigenvalue weighted by atomic mass is 16.3. The van der Waals surface area contributed by atoms with Crippen molar-refractivity contribution in [3.05, 3.63) is 11.6 Å². The van der Waals surface area contributed by atoms with E-state index < -0.39 is 0 Å². The number of fused-ring (bicyclic) bond motifs is 1. The second kappa shape index (κ2) is 6.86. The minimum absolute atomic E-state index is 0.0848. The molecule has 0 bridgehead atoms. The molecule has 0 spiro atoms. The Labute approximate surface area is 136 Å². The van der Waals surface area contributed by atoms with E-state index in [1.165, 1.54) is 25.7 Å². The summed E-state index contributed by atoms with van der Waals surface area (Å²) in [6.45, 7) is 9.77. The second-order valence-corrected chi connectivity index (χ2v) is 8.43. The van der Waals surface area contributed by atoms with Crippen molar-refractivity contribution in [1.82, 2.24) is 0 Å². The third-order valence-corrected chi connectivity index (χ3v) is 7.19. The summed E-state index contributed by atoms with van der Waals surface area (Å²) in [6, 6.07) is 0. The zero-order valence-corrected chi connectivity index (χ0v) is 14.9. The lowest BCUT2D eigenvalue weighted by atomic mass is 9.47. The number of aliphatic hydroxyl groups excluding tert-OH is 1. The molecule has 1 N–H and O–H groups in total. The first-order valence-electron chi connectivity index (χ1n) is 9.15. The van der Waals surface area contributed by atoms with Gasteiger partial charge in [0.1, 0.15) is 6.29 Å². The number of aliphatic hydroxyl groups is 1. The molecule has 2 aliphatic rings. The molecule has 2 nitrogen and oxygen atoms in total. The van der Waals surface area contributed by atoms with Gasteiger partial charge >= 0.3 is 0 Å². The van der Waals surface area contributed by atoms with Gasteiger partial charge in [0.25, 0.3) is 0 Å². The van der Waals surface area contributed by atoms with Crippen LogP contribution in [0.15, 0.2) is 11.6 Å². The average Bonchev–Trinajstić information content (AvgIpc) is 2.49. The fourth-order valence-corrected chi connectivity index (χ4v) is 5.25. The highest BCUT2D eigenvalue weighted by molar-refractivity contribution is 5.76. The smallest absolute Gasteiger partial charge is 0.146 e. The molecule has 0 radical (unpaired) electrons. The van der Waals surface area contributed by atoms with Crippen LogP contribution in [-0.2, 0) is 4.79 Å². The average molecular weight is 306 g/mol. The van der Waals surface area contributed by atoms with Crippen LogP contribution in [0, 0.1) is 28.6 Å². The van der Waals surface area contributed by atoms with E-state index in [2.05, 4.69) is 33.8 Å². The molecule has 2 aliphatic carbocycles. The van der Waals surface area contributed by atoms with Crippen molar-refractivity contribution < 1.29 is 9.90 Å². The number of carbonyl (C=O) groups excluding carboxylic acids is 1. The first-order chi connectivity index (χ1) is 10.4. The van der Waals surface area contributed by atoms with E-state index >= 15 is 0 Å². The molecular weight excluding hydrogens is 272 g/mol. The van der Waals surface area contributed by atoms with E-state index in [1.54, 1.807) is 0 Å². The molecule has 0 aromatic carbocycles. The van der Waals surface area contributed by atoms with E-state index in [1.807, 2.05) is 0 Å². The van der Waals surface area contributed by atoms with Crippen molar-refractivity contribution in [2.75, 3.05) is 6.61 Å². The lowest BCUT2D eigenvalue weighted by Gasteiger charge is -2.57. The third-order valence-electron chi connectivity index (χ3n) is 7.19. The van der Waals surface area contributed by atoms with Crippen LogP contribution in [0.2, 0.25) is 0 Å². The maximum atomic E-state index is 11.6. The molecule has 0 amide bonds. The summed E-state index contributed by atoms with van der Waals surface area (Å²) in [5, 5.41) is 9.14. The molecule has 0 aliphatic heterocycles. The van der Waals surface area contributed by atoms with Gasteiger partial charge in [-0.3, -0.25) is 4.79 Å². The Morgan fingerprint density at radius 1 is 1.36 bits per heavy atom. The van der Waals surface area contributed by atoms with Crippen LogP contribution in [0.3, 0.4) is 0 Å². The highest BCUT2D eigenvalue weighted by Gasteiger charge is 2.53. The zero-order valence-electron chi connectivity index (χ0n) is 14.9. The first kappa shape index (κ1) is 17.7. The van der Waals surface area contributed by atoms with Gasteiger partial charge in [-0.2, -0.15) is 0 Å². The number of carbonyl (C=O) groups is 1. The van der Waals surface area contributed by atoms with Gasteiger partial charge in [-0.05, 0) is 72.7 Å². The topological polar surface area (TPSA) is 37.3 Å². The van der Waals surface area contributed by atoms with Crippen molar-refractivity contribution in [3.63, 3.8) is 0 Å². The van der Waals surface area contributed by atoms with Gasteiger partial charge < -0.3 is 5.11 Å². The molecule has 2 rings (SSSR count). The first-order valence-corrected chi connectivity index (χ1v) is 9.15. The van der Waals surface area contributed by atoms with E-state index in [4.69, 9.17) is 5.11 Å². The van der Waals surface area contributed by atoms with Crippen molar-refractivity contribution >= 4 is 6.29 Å². The summed E-state index contributed by atoms with van der Waals surface area (Å²) in [6.07, 6.45) is 11.3. The molecule has 0 aromatic heterocycles. The number of hydrogen-bond donors (Lipinski definition) is 1. The fourth-order valence-electron chi connectivity index (χ4n) is 5.25. The van der Waals surface area contributed by atoms with E-state index in [0.29, 0.717) is 23.9 Å². The van der Waals surface area contributed by atoms with Gasteiger partial charge in [0.2, 0.25) is 0 Å². The van der Waals surface area contributed by atoms with E-state index in [9.17, 15) is 4.79 Å². The monoisotopic (exact) mass is 306 g/mol. The zero-order chi connectivity index (χ0) is 16.4. The summed E-state index contributed by atoms with van der Waals surface area (Å²) in [5.41, 5.74) is 1.46. The van der Waals surface area contributed by atoms with E-state index in [-0.39, 0.29) is 5.41 Å². The van der Waals surface area contributed by atoms with Crippen LogP contribution in [0.25, 0.3) is 0 Å². The van der Waals surface area contributed by atoms with Crippen LogP contribution in [0.4, 0.5) is 0 Å². The Morgan fingerprint density at radius 2 is 2.09 bits per heavy atom. The molecule has 126 valence electrons. The van der Waals surface area contributed by atoms with Crippen LogP contribution in [-0.4, -0.2) is 18.0 Å². The largest absolute Gasteiger partial charge is 0.396 e. The Kier molecular flexibility index (Phi) is 5.53.